The zero-order valence-corrected chi connectivity index (χ0v) is 11.8. The molecule has 0 fully saturated rings. The second-order valence-corrected chi connectivity index (χ2v) is 5.59. The molecule has 16 heavy (non-hydrogen) atoms. The number of carbonyl (C=O) groups excluding carboxylic acids is 1. The van der Waals surface area contributed by atoms with Crippen molar-refractivity contribution in [2.45, 2.75) is 4.90 Å². The number of nitrogens with zero attached hydrogens (tertiary/aromatic N) is 2. The van der Waals surface area contributed by atoms with Crippen LogP contribution in [0.25, 0.3) is 0 Å². The molecule has 1 aromatic heterocycles. The van der Waals surface area contributed by atoms with Crippen molar-refractivity contribution < 1.29 is 4.79 Å². The average Bonchev–Trinajstić information content (AvgIpc) is 2.54. The fraction of sp³-hybridized carbons (Fsp3) is 0.500. The van der Waals surface area contributed by atoms with E-state index in [9.17, 15) is 4.79 Å². The molecule has 4 nitrogen and oxygen atoms in total. The van der Waals surface area contributed by atoms with Crippen molar-refractivity contribution in [3.63, 3.8) is 0 Å². The van der Waals surface area contributed by atoms with Crippen molar-refractivity contribution in [2.75, 3.05) is 45.1 Å². The zero-order valence-electron chi connectivity index (χ0n) is 10.2. The number of anilines is 2. The number of rotatable bonds is 3. The van der Waals surface area contributed by atoms with Gasteiger partial charge in [-0.05, 0) is 6.26 Å². The lowest BCUT2D eigenvalue weighted by Gasteiger charge is -2.10. The first-order valence-electron chi connectivity index (χ1n) is 4.75. The molecule has 0 radical (unpaired) electrons. The van der Waals surface area contributed by atoms with Crippen molar-refractivity contribution in [3.05, 3.63) is 4.88 Å². The number of carbonyl (C=O) groups is 1. The van der Waals surface area contributed by atoms with E-state index >= 15 is 0 Å². The number of amides is 1. The van der Waals surface area contributed by atoms with E-state index in [-0.39, 0.29) is 5.91 Å². The smallest absolute Gasteiger partial charge is 0.265 e. The predicted octanol–water partition coefficient (Wildman–Crippen LogP) is 1.82. The molecule has 0 aliphatic rings. The molecular formula is C10H17N3OS2. The highest BCUT2D eigenvalue weighted by Crippen LogP contribution is 2.43. The molecular weight excluding hydrogens is 242 g/mol. The summed E-state index contributed by atoms with van der Waals surface area (Å²) in [4.78, 5) is 17.0. The largest absolute Gasteiger partial charge is 0.396 e. The van der Waals surface area contributed by atoms with Gasteiger partial charge in [0.25, 0.3) is 5.91 Å². The minimum Gasteiger partial charge on any atom is -0.396 e. The molecule has 0 spiro atoms. The maximum absolute atomic E-state index is 11.9. The van der Waals surface area contributed by atoms with Gasteiger partial charge in [0.2, 0.25) is 0 Å². The Labute approximate surface area is 104 Å². The molecule has 90 valence electrons. The molecule has 2 N–H and O–H groups in total. The van der Waals surface area contributed by atoms with Gasteiger partial charge in [0.15, 0.2) is 0 Å². The molecule has 0 aromatic carbocycles. The van der Waals surface area contributed by atoms with Crippen molar-refractivity contribution in [3.8, 4) is 0 Å². The van der Waals surface area contributed by atoms with Crippen LogP contribution in [0.4, 0.5) is 10.7 Å². The van der Waals surface area contributed by atoms with E-state index < -0.39 is 0 Å². The third-order valence-corrected chi connectivity index (χ3v) is 4.40. The lowest BCUT2D eigenvalue weighted by atomic mass is 10.3. The van der Waals surface area contributed by atoms with Gasteiger partial charge in [0.05, 0.1) is 10.6 Å². The molecule has 0 saturated carbocycles. The van der Waals surface area contributed by atoms with Crippen LogP contribution in [0.5, 0.6) is 0 Å². The van der Waals surface area contributed by atoms with E-state index in [1.54, 1.807) is 30.8 Å². The second-order valence-electron chi connectivity index (χ2n) is 3.78. The van der Waals surface area contributed by atoms with Crippen LogP contribution in [0.3, 0.4) is 0 Å². The lowest BCUT2D eigenvalue weighted by Crippen LogP contribution is -2.21. The number of hydrogen-bond acceptors (Lipinski definition) is 5. The Bertz CT molecular complexity index is 399. The molecule has 0 aliphatic heterocycles. The van der Waals surface area contributed by atoms with Crippen LogP contribution in [0.2, 0.25) is 0 Å². The standard InChI is InChI=1S/C10H17N3OS2/c1-12(2)9(14)7-6(11)8(15-5)10(16-7)13(3)4/h11H2,1-5H3. The van der Waals surface area contributed by atoms with Crippen molar-refractivity contribution in [1.29, 1.82) is 0 Å². The molecule has 0 atom stereocenters. The molecule has 0 unspecified atom stereocenters. The van der Waals surface area contributed by atoms with Crippen LogP contribution < -0.4 is 10.6 Å². The summed E-state index contributed by atoms with van der Waals surface area (Å²) in [5.41, 5.74) is 6.60. The van der Waals surface area contributed by atoms with Crippen molar-refractivity contribution in [2.24, 2.45) is 0 Å². The summed E-state index contributed by atoms with van der Waals surface area (Å²) in [5.74, 6) is -0.0362. The van der Waals surface area contributed by atoms with Crippen molar-refractivity contribution in [1.82, 2.24) is 4.90 Å². The molecule has 0 bridgehead atoms. The summed E-state index contributed by atoms with van der Waals surface area (Å²) in [7, 11) is 7.37. The highest BCUT2D eigenvalue weighted by atomic mass is 32.2. The van der Waals surface area contributed by atoms with Crippen LogP contribution in [-0.2, 0) is 0 Å². The fourth-order valence-corrected chi connectivity index (χ4v) is 3.45. The minimum absolute atomic E-state index is 0.0362. The van der Waals surface area contributed by atoms with Crippen molar-refractivity contribution >= 4 is 39.7 Å². The summed E-state index contributed by atoms with van der Waals surface area (Å²) < 4.78 is 0. The van der Waals surface area contributed by atoms with Gasteiger partial charge in [-0.1, -0.05) is 0 Å². The summed E-state index contributed by atoms with van der Waals surface area (Å²) in [6.45, 7) is 0. The normalized spacial score (nSPS) is 10.3. The van der Waals surface area contributed by atoms with Gasteiger partial charge >= 0.3 is 0 Å². The Morgan fingerprint density at radius 2 is 1.88 bits per heavy atom. The molecule has 1 aromatic rings. The van der Waals surface area contributed by atoms with Gasteiger partial charge in [0, 0.05) is 28.2 Å². The summed E-state index contributed by atoms with van der Waals surface area (Å²) >= 11 is 3.02. The maximum Gasteiger partial charge on any atom is 0.265 e. The highest BCUT2D eigenvalue weighted by Gasteiger charge is 2.22. The average molecular weight is 259 g/mol. The molecule has 1 rings (SSSR count). The van der Waals surface area contributed by atoms with Gasteiger partial charge in [-0.15, -0.1) is 23.1 Å². The van der Waals surface area contributed by atoms with Crippen LogP contribution in [0, 0.1) is 0 Å². The van der Waals surface area contributed by atoms with Gasteiger partial charge in [0.1, 0.15) is 9.88 Å². The Hall–Kier alpha value is -0.880. The molecule has 0 saturated heterocycles. The SMILES string of the molecule is CSc1c(N(C)C)sc(C(=O)N(C)C)c1N. The zero-order chi connectivity index (χ0) is 12.5. The Balaban J connectivity index is 3.28. The number of nitrogen functional groups attached to an aromatic ring is 1. The van der Waals surface area contributed by atoms with Gasteiger partial charge in [-0.2, -0.15) is 0 Å². The predicted molar refractivity (Wildman–Crippen MR) is 72.9 cm³/mol. The van der Waals surface area contributed by atoms with Gasteiger partial charge in [-0.25, -0.2) is 0 Å². The Morgan fingerprint density at radius 1 is 1.31 bits per heavy atom. The monoisotopic (exact) mass is 259 g/mol. The minimum atomic E-state index is -0.0362. The molecule has 1 amide bonds. The summed E-state index contributed by atoms with van der Waals surface area (Å²) in [6, 6.07) is 0. The molecule has 0 aliphatic carbocycles. The van der Waals surface area contributed by atoms with Gasteiger partial charge in [-0.3, -0.25) is 4.79 Å². The summed E-state index contributed by atoms with van der Waals surface area (Å²) in [6.07, 6.45) is 1.97. The number of thiophene rings is 1. The van der Waals surface area contributed by atoms with Crippen LogP contribution >= 0.6 is 23.1 Å². The summed E-state index contributed by atoms with van der Waals surface area (Å²) in [5, 5.41) is 1.04. The quantitative estimate of drug-likeness (QED) is 0.841. The Kier molecular flexibility index (Phi) is 4.09. The van der Waals surface area contributed by atoms with E-state index in [1.165, 1.54) is 11.3 Å². The van der Waals surface area contributed by atoms with E-state index in [2.05, 4.69) is 0 Å². The fourth-order valence-electron chi connectivity index (χ4n) is 1.27. The van der Waals surface area contributed by atoms with Crippen LogP contribution in [-0.4, -0.2) is 45.3 Å². The molecule has 6 heteroatoms. The second kappa shape index (κ2) is 4.97. The first kappa shape index (κ1) is 13.2. The first-order valence-corrected chi connectivity index (χ1v) is 6.79. The molecule has 1 heterocycles. The number of thioether (sulfide) groups is 1. The first-order chi connectivity index (χ1) is 7.40. The lowest BCUT2D eigenvalue weighted by molar-refractivity contribution is 0.0833. The maximum atomic E-state index is 11.9. The number of nitrogens with two attached hydrogens (primary N) is 1. The van der Waals surface area contributed by atoms with Gasteiger partial charge < -0.3 is 15.5 Å². The van der Waals surface area contributed by atoms with E-state index in [0.717, 1.165) is 9.90 Å². The number of hydrogen-bond donors (Lipinski definition) is 1. The topological polar surface area (TPSA) is 49.6 Å². The highest BCUT2D eigenvalue weighted by molar-refractivity contribution is 7.99. The van der Waals surface area contributed by atoms with Crippen LogP contribution in [0.1, 0.15) is 9.67 Å². The van der Waals surface area contributed by atoms with E-state index in [4.69, 9.17) is 5.73 Å². The van der Waals surface area contributed by atoms with E-state index in [1.807, 2.05) is 25.3 Å². The Morgan fingerprint density at radius 3 is 2.19 bits per heavy atom. The third-order valence-electron chi connectivity index (χ3n) is 2.09. The third kappa shape index (κ3) is 2.27. The van der Waals surface area contributed by atoms with E-state index in [0.29, 0.717) is 10.6 Å². The van der Waals surface area contributed by atoms with Crippen LogP contribution in [0.15, 0.2) is 4.90 Å².